The maximum absolute atomic E-state index is 12.0. The molecule has 1 N–H and O–H groups in total. The number of aliphatic hydroxyl groups is 1. The van der Waals surface area contributed by atoms with Crippen molar-refractivity contribution in [3.63, 3.8) is 0 Å². The number of aliphatic imine (C=N–C) groups is 1. The normalized spacial score (nSPS) is 10.7. The maximum Gasteiger partial charge on any atom is 0.188 e. The van der Waals surface area contributed by atoms with Crippen molar-refractivity contribution in [2.24, 2.45) is 4.99 Å². The third-order valence-electron chi connectivity index (χ3n) is 2.92. The summed E-state index contributed by atoms with van der Waals surface area (Å²) in [6.07, 6.45) is 1.64. The zero-order valence-corrected chi connectivity index (χ0v) is 11.4. The lowest BCUT2D eigenvalue weighted by Gasteiger charge is -2.01. The molecular formula is C17H15NO3. The third kappa shape index (κ3) is 4.19. The van der Waals surface area contributed by atoms with Gasteiger partial charge in [0.05, 0.1) is 0 Å². The third-order valence-corrected chi connectivity index (χ3v) is 2.92. The molecule has 0 aromatic heterocycles. The molecule has 21 heavy (non-hydrogen) atoms. The summed E-state index contributed by atoms with van der Waals surface area (Å²) in [7, 11) is 0. The molecule has 0 saturated carbocycles. The molecule has 0 aliphatic rings. The van der Waals surface area contributed by atoms with Crippen molar-refractivity contribution in [3.05, 3.63) is 71.3 Å². The van der Waals surface area contributed by atoms with E-state index in [-0.39, 0.29) is 12.3 Å². The lowest BCUT2D eigenvalue weighted by atomic mass is 10.0. The summed E-state index contributed by atoms with van der Waals surface area (Å²) >= 11 is 0. The molecule has 2 rings (SSSR count). The molecule has 0 bridgehead atoms. The number of nitrogens with zero attached hydrogens (tertiary/aromatic N) is 1. The van der Waals surface area contributed by atoms with Crippen LogP contribution in [-0.4, -0.2) is 36.0 Å². The second-order valence-corrected chi connectivity index (χ2v) is 4.47. The van der Waals surface area contributed by atoms with Crippen molar-refractivity contribution in [3.8, 4) is 0 Å². The van der Waals surface area contributed by atoms with Crippen molar-refractivity contribution >= 4 is 17.8 Å². The second-order valence-electron chi connectivity index (χ2n) is 4.47. The van der Waals surface area contributed by atoms with Gasteiger partial charge in [-0.2, -0.15) is 0 Å². The van der Waals surface area contributed by atoms with Crippen molar-refractivity contribution in [2.75, 3.05) is 13.2 Å². The van der Waals surface area contributed by atoms with Crippen LogP contribution in [-0.2, 0) is 0 Å². The van der Waals surface area contributed by atoms with E-state index in [1.807, 2.05) is 30.3 Å². The van der Waals surface area contributed by atoms with E-state index < -0.39 is 12.4 Å². The standard InChI is InChI=1S/C17H15NO3/c19-12-17(21)15-8-4-7-14(9-15)16(20)11-18-10-13-5-2-1-3-6-13/h1-10,19H,11-12H2. The highest BCUT2D eigenvalue weighted by molar-refractivity contribution is 6.03. The molecule has 4 heteroatoms. The molecule has 0 spiro atoms. The van der Waals surface area contributed by atoms with Crippen molar-refractivity contribution in [2.45, 2.75) is 0 Å². The lowest BCUT2D eigenvalue weighted by Crippen LogP contribution is -2.08. The van der Waals surface area contributed by atoms with Gasteiger partial charge in [-0.1, -0.05) is 48.5 Å². The Morgan fingerprint density at radius 3 is 2.29 bits per heavy atom. The topological polar surface area (TPSA) is 66.7 Å². The lowest BCUT2D eigenvalue weighted by molar-refractivity contribution is 0.0903. The number of hydrogen-bond donors (Lipinski definition) is 1. The Morgan fingerprint density at radius 2 is 1.62 bits per heavy atom. The monoisotopic (exact) mass is 281 g/mol. The average Bonchev–Trinajstić information content (AvgIpc) is 2.55. The minimum atomic E-state index is -0.566. The molecule has 0 radical (unpaired) electrons. The summed E-state index contributed by atoms with van der Waals surface area (Å²) in [4.78, 5) is 27.5. The van der Waals surface area contributed by atoms with Gasteiger partial charge in [-0.15, -0.1) is 0 Å². The molecule has 0 aliphatic carbocycles. The number of carbonyl (C=O) groups is 2. The minimum Gasteiger partial charge on any atom is -0.388 e. The number of carbonyl (C=O) groups excluding carboxylic acids is 2. The Morgan fingerprint density at radius 1 is 0.952 bits per heavy atom. The number of ketones is 2. The van der Waals surface area contributed by atoms with E-state index in [1.165, 1.54) is 6.07 Å². The Balaban J connectivity index is 2.04. The van der Waals surface area contributed by atoms with Gasteiger partial charge in [0.15, 0.2) is 11.6 Å². The summed E-state index contributed by atoms with van der Waals surface area (Å²) < 4.78 is 0. The fourth-order valence-corrected chi connectivity index (χ4v) is 1.82. The SMILES string of the molecule is O=C(CO)c1cccc(C(=O)CN=Cc2ccccc2)c1. The van der Waals surface area contributed by atoms with Crippen molar-refractivity contribution in [1.82, 2.24) is 0 Å². The summed E-state index contributed by atoms with van der Waals surface area (Å²) in [5, 5.41) is 8.83. The predicted molar refractivity (Wildman–Crippen MR) is 81.1 cm³/mol. The van der Waals surface area contributed by atoms with E-state index >= 15 is 0 Å². The Labute approximate surface area is 122 Å². The van der Waals surface area contributed by atoms with E-state index in [9.17, 15) is 9.59 Å². The Kier molecular flexibility index (Phi) is 5.12. The van der Waals surface area contributed by atoms with Crippen LogP contribution in [0, 0.1) is 0 Å². The van der Waals surface area contributed by atoms with E-state index in [1.54, 1.807) is 24.4 Å². The molecule has 0 amide bonds. The first kappa shape index (κ1) is 14.8. The number of hydrogen-bond acceptors (Lipinski definition) is 4. The first-order valence-electron chi connectivity index (χ1n) is 6.53. The Hall–Kier alpha value is -2.59. The first-order valence-corrected chi connectivity index (χ1v) is 6.53. The zero-order chi connectivity index (χ0) is 15.1. The smallest absolute Gasteiger partial charge is 0.188 e. The van der Waals surface area contributed by atoms with Crippen LogP contribution in [0.5, 0.6) is 0 Å². The highest BCUT2D eigenvalue weighted by atomic mass is 16.3. The van der Waals surface area contributed by atoms with Crippen LogP contribution < -0.4 is 0 Å². The molecule has 0 aliphatic heterocycles. The number of benzene rings is 2. The fourth-order valence-electron chi connectivity index (χ4n) is 1.82. The van der Waals surface area contributed by atoms with Gasteiger partial charge < -0.3 is 5.11 Å². The molecule has 2 aromatic rings. The van der Waals surface area contributed by atoms with E-state index in [0.717, 1.165) is 5.56 Å². The summed E-state index contributed by atoms with van der Waals surface area (Å²) in [6.45, 7) is -0.546. The van der Waals surface area contributed by atoms with Crippen LogP contribution in [0.1, 0.15) is 26.3 Å². The molecular weight excluding hydrogens is 266 g/mol. The highest BCUT2D eigenvalue weighted by Gasteiger charge is 2.09. The van der Waals surface area contributed by atoms with Crippen LogP contribution in [0.4, 0.5) is 0 Å². The van der Waals surface area contributed by atoms with Gasteiger partial charge >= 0.3 is 0 Å². The fraction of sp³-hybridized carbons (Fsp3) is 0.118. The van der Waals surface area contributed by atoms with Gasteiger partial charge in [0.25, 0.3) is 0 Å². The quantitative estimate of drug-likeness (QED) is 0.651. The van der Waals surface area contributed by atoms with Gasteiger partial charge in [-0.3, -0.25) is 14.6 Å². The van der Waals surface area contributed by atoms with Gasteiger partial charge in [-0.05, 0) is 11.6 Å². The molecule has 106 valence electrons. The van der Waals surface area contributed by atoms with Crippen LogP contribution >= 0.6 is 0 Å². The molecule has 0 atom stereocenters. The predicted octanol–water partition coefficient (Wildman–Crippen LogP) is 2.16. The first-order chi connectivity index (χ1) is 10.2. The van der Waals surface area contributed by atoms with Crippen LogP contribution in [0.2, 0.25) is 0 Å². The summed E-state index contributed by atoms with van der Waals surface area (Å²) in [5.74, 6) is -0.577. The molecule has 0 unspecified atom stereocenters. The largest absolute Gasteiger partial charge is 0.388 e. The summed E-state index contributed by atoms with van der Waals surface area (Å²) in [5.41, 5.74) is 1.67. The average molecular weight is 281 g/mol. The van der Waals surface area contributed by atoms with Gasteiger partial charge in [0.1, 0.15) is 13.2 Å². The van der Waals surface area contributed by atoms with Crippen molar-refractivity contribution in [1.29, 1.82) is 0 Å². The minimum absolute atomic E-state index is 0.0195. The Bertz CT molecular complexity index is 663. The van der Waals surface area contributed by atoms with Gasteiger partial charge in [0, 0.05) is 17.3 Å². The zero-order valence-electron chi connectivity index (χ0n) is 11.4. The van der Waals surface area contributed by atoms with Gasteiger partial charge in [0.2, 0.25) is 0 Å². The maximum atomic E-state index is 12.0. The molecule has 0 fully saturated rings. The number of rotatable bonds is 6. The summed E-state index contributed by atoms with van der Waals surface area (Å²) in [6, 6.07) is 15.8. The number of aliphatic hydroxyl groups excluding tert-OH is 1. The van der Waals surface area contributed by atoms with E-state index in [4.69, 9.17) is 5.11 Å². The highest BCUT2D eigenvalue weighted by Crippen LogP contribution is 2.07. The second kappa shape index (κ2) is 7.26. The van der Waals surface area contributed by atoms with Crippen LogP contribution in [0.25, 0.3) is 0 Å². The number of Topliss-reactive ketones (excluding diaryl/α,β-unsaturated/α-hetero) is 2. The molecule has 2 aromatic carbocycles. The van der Waals surface area contributed by atoms with Crippen LogP contribution in [0.3, 0.4) is 0 Å². The molecule has 4 nitrogen and oxygen atoms in total. The van der Waals surface area contributed by atoms with E-state index in [0.29, 0.717) is 11.1 Å². The van der Waals surface area contributed by atoms with Gasteiger partial charge in [-0.25, -0.2) is 0 Å². The molecule has 0 saturated heterocycles. The van der Waals surface area contributed by atoms with Crippen LogP contribution in [0.15, 0.2) is 59.6 Å². The van der Waals surface area contributed by atoms with E-state index in [2.05, 4.69) is 4.99 Å². The van der Waals surface area contributed by atoms with Crippen molar-refractivity contribution < 1.29 is 14.7 Å². The molecule has 0 heterocycles.